The Hall–Kier alpha value is -4.87. The van der Waals surface area contributed by atoms with Crippen LogP contribution in [0.15, 0.2) is 78.4 Å². The van der Waals surface area contributed by atoms with Crippen molar-refractivity contribution in [2.24, 2.45) is 5.11 Å². The quantitative estimate of drug-likeness (QED) is 0.0568. The van der Waals surface area contributed by atoms with Crippen molar-refractivity contribution in [3.05, 3.63) is 94.9 Å². The fourth-order valence-electron chi connectivity index (χ4n) is 5.81. The molecule has 2 fully saturated rings. The summed E-state index contributed by atoms with van der Waals surface area (Å²) in [5.41, 5.74) is 11.1. The highest BCUT2D eigenvalue weighted by molar-refractivity contribution is 5.77. The van der Waals surface area contributed by atoms with Crippen molar-refractivity contribution >= 4 is 23.9 Å². The van der Waals surface area contributed by atoms with E-state index in [1.807, 2.05) is 36.4 Å². The first-order valence-corrected chi connectivity index (χ1v) is 16.7. The van der Waals surface area contributed by atoms with Gasteiger partial charge in [0, 0.05) is 25.7 Å². The van der Waals surface area contributed by atoms with Gasteiger partial charge in [0.1, 0.15) is 37.1 Å². The molecule has 0 aliphatic carbocycles. The summed E-state index contributed by atoms with van der Waals surface area (Å²) in [6, 6.07) is 16.8. The minimum Gasteiger partial charge on any atom is -0.467 e. The average Bonchev–Trinajstić information content (AvgIpc) is 3.14. The Balaban J connectivity index is 1.82. The van der Waals surface area contributed by atoms with E-state index >= 15 is 0 Å². The van der Waals surface area contributed by atoms with E-state index in [0.29, 0.717) is 5.56 Å². The molecule has 0 radical (unpaired) electrons. The molecular formula is C36H43N3O14. The molecule has 0 spiro atoms. The highest BCUT2D eigenvalue weighted by Crippen LogP contribution is 2.36. The van der Waals surface area contributed by atoms with Crippen molar-refractivity contribution in [1.29, 1.82) is 0 Å². The van der Waals surface area contributed by atoms with Gasteiger partial charge >= 0.3 is 23.9 Å². The van der Waals surface area contributed by atoms with Gasteiger partial charge in [0.05, 0.1) is 26.9 Å². The highest BCUT2D eigenvalue weighted by atomic mass is 16.8. The Kier molecular flexibility index (Phi) is 15.7. The number of rotatable bonds is 17. The van der Waals surface area contributed by atoms with Crippen molar-refractivity contribution in [2.45, 2.75) is 95.3 Å². The van der Waals surface area contributed by atoms with Crippen molar-refractivity contribution in [3.8, 4) is 0 Å². The number of carbonyl (C=O) groups is 4. The van der Waals surface area contributed by atoms with Gasteiger partial charge < -0.3 is 47.4 Å². The van der Waals surface area contributed by atoms with Gasteiger partial charge in [-0.25, -0.2) is 4.79 Å². The van der Waals surface area contributed by atoms with E-state index in [1.165, 1.54) is 13.0 Å². The number of methoxy groups -OCH3 is 1. The molecule has 2 aromatic carbocycles. The fourth-order valence-corrected chi connectivity index (χ4v) is 5.81. The van der Waals surface area contributed by atoms with Crippen LogP contribution in [0.25, 0.3) is 10.4 Å². The van der Waals surface area contributed by atoms with Crippen LogP contribution in [-0.2, 0) is 79.8 Å². The maximum Gasteiger partial charge on any atom is 0.339 e. The van der Waals surface area contributed by atoms with Crippen molar-refractivity contribution in [1.82, 2.24) is 0 Å². The molecule has 0 unspecified atom stereocenters. The van der Waals surface area contributed by atoms with Crippen LogP contribution in [0.4, 0.5) is 0 Å². The first kappa shape index (κ1) is 40.9. The molecule has 2 aliphatic rings. The average molecular weight is 742 g/mol. The smallest absolute Gasteiger partial charge is 0.339 e. The van der Waals surface area contributed by atoms with Crippen LogP contribution in [-0.4, -0.2) is 106 Å². The molecule has 17 heteroatoms. The van der Waals surface area contributed by atoms with Crippen LogP contribution in [0, 0.1) is 0 Å². The maximum absolute atomic E-state index is 13.2. The third-order valence-electron chi connectivity index (χ3n) is 8.02. The molecule has 4 rings (SSSR count). The third kappa shape index (κ3) is 11.6. The van der Waals surface area contributed by atoms with Gasteiger partial charge in [0.25, 0.3) is 0 Å². The van der Waals surface area contributed by atoms with Crippen molar-refractivity contribution < 1.29 is 66.5 Å². The number of hydrogen-bond acceptors (Lipinski definition) is 15. The summed E-state index contributed by atoms with van der Waals surface area (Å²) >= 11 is 0. The molecule has 10 atom stereocenters. The first-order valence-electron chi connectivity index (χ1n) is 16.7. The van der Waals surface area contributed by atoms with E-state index in [1.54, 1.807) is 24.3 Å². The summed E-state index contributed by atoms with van der Waals surface area (Å²) < 4.78 is 58.9. The minimum atomic E-state index is -1.68. The second-order valence-electron chi connectivity index (χ2n) is 11.9. The number of ether oxygens (including phenoxy) is 10. The van der Waals surface area contributed by atoms with Crippen LogP contribution in [0.2, 0.25) is 0 Å². The zero-order valence-corrected chi connectivity index (χ0v) is 29.7. The minimum absolute atomic E-state index is 0.0155. The van der Waals surface area contributed by atoms with Crippen molar-refractivity contribution in [3.63, 3.8) is 0 Å². The van der Waals surface area contributed by atoms with Gasteiger partial charge in [-0.1, -0.05) is 71.9 Å². The van der Waals surface area contributed by atoms with Crippen LogP contribution in [0.3, 0.4) is 0 Å². The van der Waals surface area contributed by atoms with E-state index in [-0.39, 0.29) is 19.8 Å². The monoisotopic (exact) mass is 741 g/mol. The zero-order valence-electron chi connectivity index (χ0n) is 29.7. The number of carbonyl (C=O) groups excluding carboxylic acids is 4. The molecule has 0 saturated carbocycles. The number of benzene rings is 2. The Morgan fingerprint density at radius 1 is 0.774 bits per heavy atom. The van der Waals surface area contributed by atoms with Gasteiger partial charge in [0.2, 0.25) is 0 Å². The lowest BCUT2D eigenvalue weighted by molar-refractivity contribution is -0.350. The molecule has 2 heterocycles. The third-order valence-corrected chi connectivity index (χ3v) is 8.02. The second kappa shape index (κ2) is 20.4. The molecule has 53 heavy (non-hydrogen) atoms. The Morgan fingerprint density at radius 3 is 1.89 bits per heavy atom. The van der Waals surface area contributed by atoms with Gasteiger partial charge in [-0.05, 0) is 16.7 Å². The predicted molar refractivity (Wildman–Crippen MR) is 181 cm³/mol. The van der Waals surface area contributed by atoms with Crippen LogP contribution in [0.1, 0.15) is 31.9 Å². The van der Waals surface area contributed by atoms with E-state index in [2.05, 4.69) is 16.6 Å². The number of azide groups is 1. The predicted octanol–water partition coefficient (Wildman–Crippen LogP) is 3.47. The van der Waals surface area contributed by atoms with Gasteiger partial charge in [-0.3, -0.25) is 14.4 Å². The summed E-state index contributed by atoms with van der Waals surface area (Å²) in [5, 5.41) is 3.93. The lowest BCUT2D eigenvalue weighted by Crippen LogP contribution is -2.66. The van der Waals surface area contributed by atoms with Crippen LogP contribution in [0.5, 0.6) is 0 Å². The maximum atomic E-state index is 13.2. The molecule has 0 amide bonds. The largest absolute Gasteiger partial charge is 0.467 e. The SMILES string of the molecule is C=CCO[C@H]1O[C@H](COC(C)=O)[C@@H](O[C@@H]2O[C@@H](C(=O)OC)[C@@H](OC(C)=O)[C@H](OCc3ccccc3)[C@H]2OC(C)=O)[C@H](OCc2ccccc2)[C@H]1N=[N+]=[N-]. The fraction of sp³-hybridized carbons (Fsp3) is 0.500. The van der Waals surface area contributed by atoms with E-state index in [9.17, 15) is 24.7 Å². The summed E-state index contributed by atoms with van der Waals surface area (Å²) in [6.45, 7) is 6.60. The normalized spacial score (nSPS) is 28.1. The topological polar surface area (TPSA) is 209 Å². The van der Waals surface area contributed by atoms with Crippen LogP contribution >= 0.6 is 0 Å². The lowest BCUT2D eigenvalue weighted by Gasteiger charge is -2.48. The number of nitrogens with zero attached hydrogens (tertiary/aromatic N) is 3. The Bertz CT molecular complexity index is 1570. The molecule has 286 valence electrons. The highest BCUT2D eigenvalue weighted by Gasteiger charge is 2.57. The second-order valence-corrected chi connectivity index (χ2v) is 11.9. The summed E-state index contributed by atoms with van der Waals surface area (Å²) in [5.74, 6) is -3.19. The molecule has 2 saturated heterocycles. The Labute approximate surface area is 305 Å². The van der Waals surface area contributed by atoms with Gasteiger partial charge in [0.15, 0.2) is 30.9 Å². The summed E-state index contributed by atoms with van der Waals surface area (Å²) in [6.07, 6.45) is -11.2. The molecular weight excluding hydrogens is 698 g/mol. The van der Waals surface area contributed by atoms with Crippen molar-refractivity contribution in [2.75, 3.05) is 20.3 Å². The summed E-state index contributed by atoms with van der Waals surface area (Å²) in [4.78, 5) is 53.3. The van der Waals surface area contributed by atoms with Crippen LogP contribution < -0.4 is 0 Å². The zero-order chi connectivity index (χ0) is 38.3. The standard InChI is InChI=1S/C36H43N3O14/c1-6-17-45-35-27(38-39-37)29(47-18-24-13-9-7-10-14-24)28(26(51-35)20-46-21(2)40)52-36-33(50-23(4)42)30(48-19-25-15-11-8-12-16-25)31(49-22(3)41)32(53-36)34(43)44-5/h6-16,26-33,35-36H,1,17-20H2,2-5H3/t26-,27-,28-,29-,30+,31+,32-,33-,35+,36-/m1/s1. The first-order chi connectivity index (χ1) is 25.6. The lowest BCUT2D eigenvalue weighted by atomic mass is 9.95. The van der Waals surface area contributed by atoms with E-state index in [4.69, 9.17) is 47.4 Å². The molecule has 2 aliphatic heterocycles. The van der Waals surface area contributed by atoms with Gasteiger partial charge in [-0.15, -0.1) is 6.58 Å². The molecule has 0 bridgehead atoms. The molecule has 2 aromatic rings. The van der Waals surface area contributed by atoms with E-state index in [0.717, 1.165) is 26.5 Å². The Morgan fingerprint density at radius 2 is 1.36 bits per heavy atom. The van der Waals surface area contributed by atoms with E-state index < -0.39 is 91.8 Å². The molecule has 17 nitrogen and oxygen atoms in total. The summed E-state index contributed by atoms with van der Waals surface area (Å²) in [7, 11) is 1.11. The number of hydrogen-bond donors (Lipinski definition) is 0. The van der Waals surface area contributed by atoms with Gasteiger partial charge in [-0.2, -0.15) is 0 Å². The number of esters is 4. The molecule has 0 N–H and O–H groups in total. The molecule has 0 aromatic heterocycles.